The predicted molar refractivity (Wildman–Crippen MR) is 71.7 cm³/mol. The number of carbonyl (C=O) groups is 1. The molecule has 1 aliphatic rings. The maximum Gasteiger partial charge on any atom is 0.231 e. The average Bonchev–Trinajstić information content (AvgIpc) is 2.97. The van der Waals surface area contributed by atoms with E-state index in [0.717, 1.165) is 12.1 Å². The molecule has 1 aromatic heterocycles. The molecule has 1 fully saturated rings. The lowest BCUT2D eigenvalue weighted by Crippen LogP contribution is -2.23. The van der Waals surface area contributed by atoms with Gasteiger partial charge in [0.05, 0.1) is 24.3 Å². The molecule has 1 saturated heterocycles. The third-order valence-electron chi connectivity index (χ3n) is 3.20. The van der Waals surface area contributed by atoms with Crippen molar-refractivity contribution in [2.45, 2.75) is 32.4 Å². The van der Waals surface area contributed by atoms with E-state index in [2.05, 4.69) is 15.6 Å². The number of ether oxygens (including phenoxy) is 1. The summed E-state index contributed by atoms with van der Waals surface area (Å²) < 4.78 is 5.40. The van der Waals surface area contributed by atoms with Crippen molar-refractivity contribution in [3.63, 3.8) is 0 Å². The summed E-state index contributed by atoms with van der Waals surface area (Å²) in [5.41, 5.74) is 0.953. The Kier molecular flexibility index (Phi) is 4.31. The molecule has 100 valence electrons. The predicted octanol–water partition coefficient (Wildman–Crippen LogP) is 1.79. The summed E-state index contributed by atoms with van der Waals surface area (Å²) in [5, 5.41) is 8.61. The van der Waals surface area contributed by atoms with Crippen LogP contribution in [0.3, 0.4) is 0 Å². The van der Waals surface area contributed by atoms with Crippen LogP contribution < -0.4 is 10.6 Å². The standard InChI is InChI=1S/C12H19N3O2S/c1-7-4-9(5-17-7)11(16)15-12-14-10(6-18-12)8(2)13-3/h6-9,13H,4-5H2,1-3H3,(H,14,15,16). The lowest BCUT2D eigenvalue weighted by atomic mass is 10.1. The molecule has 2 N–H and O–H groups in total. The number of amides is 1. The first-order chi connectivity index (χ1) is 8.60. The number of nitrogens with zero attached hydrogens (tertiary/aromatic N) is 1. The zero-order chi connectivity index (χ0) is 13.1. The van der Waals surface area contributed by atoms with Gasteiger partial charge in [0.25, 0.3) is 0 Å². The highest BCUT2D eigenvalue weighted by Gasteiger charge is 2.28. The van der Waals surface area contributed by atoms with E-state index in [4.69, 9.17) is 4.74 Å². The third-order valence-corrected chi connectivity index (χ3v) is 3.97. The van der Waals surface area contributed by atoms with Crippen molar-refractivity contribution in [1.82, 2.24) is 10.3 Å². The fourth-order valence-electron chi connectivity index (χ4n) is 1.90. The molecule has 0 aliphatic carbocycles. The molecule has 1 amide bonds. The number of aromatic nitrogens is 1. The van der Waals surface area contributed by atoms with Gasteiger partial charge in [-0.05, 0) is 27.3 Å². The van der Waals surface area contributed by atoms with Gasteiger partial charge in [0.15, 0.2) is 5.13 Å². The van der Waals surface area contributed by atoms with Crippen molar-refractivity contribution >= 4 is 22.4 Å². The molecule has 1 aliphatic heterocycles. The highest BCUT2D eigenvalue weighted by Crippen LogP contribution is 2.24. The first-order valence-corrected chi connectivity index (χ1v) is 7.03. The normalized spacial score (nSPS) is 25.1. The van der Waals surface area contributed by atoms with Gasteiger partial charge in [0, 0.05) is 11.4 Å². The van der Waals surface area contributed by atoms with E-state index in [9.17, 15) is 4.79 Å². The topological polar surface area (TPSA) is 63.2 Å². The minimum absolute atomic E-state index is 0.0114. The molecule has 5 nitrogen and oxygen atoms in total. The van der Waals surface area contributed by atoms with Gasteiger partial charge in [-0.25, -0.2) is 4.98 Å². The average molecular weight is 269 g/mol. The minimum Gasteiger partial charge on any atom is -0.378 e. The van der Waals surface area contributed by atoms with Gasteiger partial charge in [-0.2, -0.15) is 0 Å². The number of rotatable bonds is 4. The quantitative estimate of drug-likeness (QED) is 0.874. The van der Waals surface area contributed by atoms with Crippen molar-refractivity contribution in [2.75, 3.05) is 19.0 Å². The molecule has 0 spiro atoms. The van der Waals surface area contributed by atoms with Crippen molar-refractivity contribution in [3.8, 4) is 0 Å². The first kappa shape index (κ1) is 13.5. The molecule has 6 heteroatoms. The summed E-state index contributed by atoms with van der Waals surface area (Å²) in [6.45, 7) is 4.54. The van der Waals surface area contributed by atoms with E-state index >= 15 is 0 Å². The van der Waals surface area contributed by atoms with Crippen LogP contribution in [0.2, 0.25) is 0 Å². The Labute approximate surface area is 111 Å². The Morgan fingerprint density at radius 3 is 3.06 bits per heavy atom. The maximum absolute atomic E-state index is 12.0. The summed E-state index contributed by atoms with van der Waals surface area (Å²) in [6, 6.07) is 0.196. The van der Waals surface area contributed by atoms with Crippen LogP contribution >= 0.6 is 11.3 Å². The van der Waals surface area contributed by atoms with Gasteiger partial charge in [-0.15, -0.1) is 11.3 Å². The van der Waals surface area contributed by atoms with Gasteiger partial charge in [-0.3, -0.25) is 4.79 Å². The zero-order valence-corrected chi connectivity index (χ0v) is 11.7. The second-order valence-corrected chi connectivity index (χ2v) is 5.51. The van der Waals surface area contributed by atoms with Crippen LogP contribution in [0.5, 0.6) is 0 Å². The van der Waals surface area contributed by atoms with Gasteiger partial charge in [0.2, 0.25) is 5.91 Å². The zero-order valence-electron chi connectivity index (χ0n) is 10.9. The SMILES string of the molecule is CNC(C)c1csc(NC(=O)C2COC(C)C2)n1. The Hall–Kier alpha value is -0.980. The van der Waals surface area contributed by atoms with E-state index in [1.165, 1.54) is 11.3 Å². The molecular weight excluding hydrogens is 250 g/mol. The Morgan fingerprint density at radius 1 is 1.67 bits per heavy atom. The summed E-state index contributed by atoms with van der Waals surface area (Å²) in [6.07, 6.45) is 0.966. The number of hydrogen-bond acceptors (Lipinski definition) is 5. The summed E-state index contributed by atoms with van der Waals surface area (Å²) in [7, 11) is 1.89. The van der Waals surface area contributed by atoms with Gasteiger partial charge in [-0.1, -0.05) is 0 Å². The van der Waals surface area contributed by atoms with Crippen molar-refractivity contribution in [1.29, 1.82) is 0 Å². The van der Waals surface area contributed by atoms with Gasteiger partial charge in [0.1, 0.15) is 0 Å². The molecular formula is C12H19N3O2S. The molecule has 1 aromatic rings. The Balaban J connectivity index is 1.93. The smallest absolute Gasteiger partial charge is 0.231 e. The fourth-order valence-corrected chi connectivity index (χ4v) is 2.70. The van der Waals surface area contributed by atoms with Crippen LogP contribution in [0.4, 0.5) is 5.13 Å². The van der Waals surface area contributed by atoms with E-state index in [1.54, 1.807) is 0 Å². The number of anilines is 1. The molecule has 2 rings (SSSR count). The molecule has 0 aromatic carbocycles. The molecule has 3 unspecified atom stereocenters. The third kappa shape index (κ3) is 3.07. The van der Waals surface area contributed by atoms with Crippen molar-refractivity contribution < 1.29 is 9.53 Å². The minimum atomic E-state index is -0.0472. The summed E-state index contributed by atoms with van der Waals surface area (Å²) in [5.74, 6) is -0.0357. The second kappa shape index (κ2) is 5.77. The molecule has 0 saturated carbocycles. The Bertz CT molecular complexity index is 421. The van der Waals surface area contributed by atoms with Crippen LogP contribution in [-0.4, -0.2) is 30.6 Å². The van der Waals surface area contributed by atoms with Crippen LogP contribution in [-0.2, 0) is 9.53 Å². The second-order valence-electron chi connectivity index (χ2n) is 4.65. The molecule has 2 heterocycles. The molecule has 18 heavy (non-hydrogen) atoms. The van der Waals surface area contributed by atoms with E-state index in [-0.39, 0.29) is 24.0 Å². The van der Waals surface area contributed by atoms with E-state index < -0.39 is 0 Å². The summed E-state index contributed by atoms with van der Waals surface area (Å²) in [4.78, 5) is 16.4. The highest BCUT2D eigenvalue weighted by atomic mass is 32.1. The Morgan fingerprint density at radius 2 is 2.44 bits per heavy atom. The van der Waals surface area contributed by atoms with Crippen molar-refractivity contribution in [2.24, 2.45) is 5.92 Å². The maximum atomic E-state index is 12.0. The first-order valence-electron chi connectivity index (χ1n) is 6.15. The monoisotopic (exact) mass is 269 g/mol. The lowest BCUT2D eigenvalue weighted by Gasteiger charge is -2.07. The molecule has 0 bridgehead atoms. The van der Waals surface area contributed by atoms with E-state index in [1.807, 2.05) is 26.3 Å². The van der Waals surface area contributed by atoms with Crippen LogP contribution in [0.15, 0.2) is 5.38 Å². The van der Waals surface area contributed by atoms with Gasteiger partial charge >= 0.3 is 0 Å². The van der Waals surface area contributed by atoms with Gasteiger partial charge < -0.3 is 15.4 Å². The van der Waals surface area contributed by atoms with Crippen molar-refractivity contribution in [3.05, 3.63) is 11.1 Å². The number of nitrogens with one attached hydrogen (secondary N) is 2. The largest absolute Gasteiger partial charge is 0.378 e. The van der Waals surface area contributed by atoms with Crippen LogP contribution in [0, 0.1) is 5.92 Å². The number of thiazole rings is 1. The summed E-state index contributed by atoms with van der Waals surface area (Å²) >= 11 is 1.46. The number of carbonyl (C=O) groups excluding carboxylic acids is 1. The highest BCUT2D eigenvalue weighted by molar-refractivity contribution is 7.13. The van der Waals surface area contributed by atoms with E-state index in [0.29, 0.717) is 11.7 Å². The fraction of sp³-hybridized carbons (Fsp3) is 0.667. The van der Waals surface area contributed by atoms with Crippen LogP contribution in [0.25, 0.3) is 0 Å². The van der Waals surface area contributed by atoms with Crippen LogP contribution in [0.1, 0.15) is 32.0 Å². The number of hydrogen-bond donors (Lipinski definition) is 2. The molecule has 3 atom stereocenters. The molecule has 0 radical (unpaired) electrons. The lowest BCUT2D eigenvalue weighted by molar-refractivity contribution is -0.119.